The number of ether oxygens (including phenoxy) is 3. The molecule has 0 N–H and O–H groups in total. The maximum atomic E-state index is 13.7. The highest BCUT2D eigenvalue weighted by atomic mass is 19.1. The molecule has 1 aliphatic rings. The molecule has 0 unspecified atom stereocenters. The second-order valence-electron chi connectivity index (χ2n) is 5.10. The Bertz CT molecular complexity index is 884. The van der Waals surface area contributed by atoms with Crippen LogP contribution in [-0.2, 0) is 9.53 Å². The summed E-state index contributed by atoms with van der Waals surface area (Å²) in [4.78, 5) is 16.1. The maximum absolute atomic E-state index is 13.7. The third kappa shape index (κ3) is 3.50. The van der Waals surface area contributed by atoms with Gasteiger partial charge in [-0.3, -0.25) is 0 Å². The third-order valence-corrected chi connectivity index (χ3v) is 3.47. The number of halogens is 2. The first-order valence-electron chi connectivity index (χ1n) is 7.21. The number of methoxy groups -OCH3 is 2. The van der Waals surface area contributed by atoms with Crippen molar-refractivity contribution in [1.29, 1.82) is 0 Å². The minimum Gasteiger partial charge on any atom is -0.497 e. The Labute approximate surface area is 142 Å². The fourth-order valence-corrected chi connectivity index (χ4v) is 2.23. The van der Waals surface area contributed by atoms with E-state index in [9.17, 15) is 13.6 Å². The van der Waals surface area contributed by atoms with Gasteiger partial charge in [-0.2, -0.15) is 0 Å². The minimum absolute atomic E-state index is 0.0292. The quantitative estimate of drug-likeness (QED) is 0.630. The Hall–Kier alpha value is -3.22. The van der Waals surface area contributed by atoms with E-state index >= 15 is 0 Å². The lowest BCUT2D eigenvalue weighted by Gasteiger charge is -2.07. The first-order valence-corrected chi connectivity index (χ1v) is 7.21. The zero-order chi connectivity index (χ0) is 18.0. The van der Waals surface area contributed by atoms with Crippen LogP contribution < -0.4 is 9.47 Å². The average Bonchev–Trinajstić information content (AvgIpc) is 2.97. The van der Waals surface area contributed by atoms with Gasteiger partial charge in [0.05, 0.1) is 14.2 Å². The summed E-state index contributed by atoms with van der Waals surface area (Å²) in [6, 6.07) is 7.93. The topological polar surface area (TPSA) is 57.1 Å². The molecular weight excluding hydrogens is 332 g/mol. The summed E-state index contributed by atoms with van der Waals surface area (Å²) in [7, 11) is 2.98. The molecule has 0 atom stereocenters. The van der Waals surface area contributed by atoms with Crippen molar-refractivity contribution >= 4 is 17.9 Å². The van der Waals surface area contributed by atoms with Gasteiger partial charge in [-0.15, -0.1) is 0 Å². The molecule has 0 aliphatic carbocycles. The summed E-state index contributed by atoms with van der Waals surface area (Å²) in [5, 5.41) is 0. The largest absolute Gasteiger partial charge is 0.497 e. The van der Waals surface area contributed by atoms with E-state index in [-0.39, 0.29) is 17.2 Å². The van der Waals surface area contributed by atoms with Crippen molar-refractivity contribution in [2.45, 2.75) is 0 Å². The van der Waals surface area contributed by atoms with Gasteiger partial charge in [-0.1, -0.05) is 0 Å². The first kappa shape index (κ1) is 16.6. The summed E-state index contributed by atoms with van der Waals surface area (Å²) in [5.74, 6) is -1.21. The number of esters is 1. The number of cyclic esters (lactones) is 1. The van der Waals surface area contributed by atoms with Crippen LogP contribution in [-0.4, -0.2) is 26.1 Å². The predicted octanol–water partition coefficient (Wildman–Crippen LogP) is 3.33. The second-order valence-corrected chi connectivity index (χ2v) is 5.10. The number of rotatable bonds is 4. The Morgan fingerprint density at radius 1 is 1.04 bits per heavy atom. The van der Waals surface area contributed by atoms with Crippen LogP contribution in [0.2, 0.25) is 0 Å². The zero-order valence-corrected chi connectivity index (χ0v) is 13.4. The van der Waals surface area contributed by atoms with Crippen molar-refractivity contribution in [3.8, 4) is 11.5 Å². The van der Waals surface area contributed by atoms with Gasteiger partial charge in [-0.25, -0.2) is 18.6 Å². The number of hydrogen-bond donors (Lipinski definition) is 0. The third-order valence-electron chi connectivity index (χ3n) is 3.47. The smallest absolute Gasteiger partial charge is 0.363 e. The van der Waals surface area contributed by atoms with Crippen molar-refractivity contribution in [2.24, 2.45) is 4.99 Å². The summed E-state index contributed by atoms with van der Waals surface area (Å²) in [6.07, 6.45) is 1.20. The second kappa shape index (κ2) is 6.72. The normalized spacial score (nSPS) is 15.1. The van der Waals surface area contributed by atoms with Gasteiger partial charge in [0.25, 0.3) is 0 Å². The molecule has 1 aliphatic heterocycles. The van der Waals surface area contributed by atoms with E-state index in [0.29, 0.717) is 17.1 Å². The van der Waals surface area contributed by atoms with E-state index < -0.39 is 17.6 Å². The number of aliphatic imine (C=N–C) groups is 1. The Kier molecular flexibility index (Phi) is 4.47. The molecule has 2 aromatic carbocycles. The predicted molar refractivity (Wildman–Crippen MR) is 86.5 cm³/mol. The molecule has 0 spiro atoms. The highest BCUT2D eigenvalue weighted by Gasteiger charge is 2.25. The Morgan fingerprint density at radius 2 is 1.72 bits per heavy atom. The molecule has 1 heterocycles. The van der Waals surface area contributed by atoms with Crippen molar-refractivity contribution in [3.63, 3.8) is 0 Å². The van der Waals surface area contributed by atoms with E-state index in [0.717, 1.165) is 12.1 Å². The van der Waals surface area contributed by atoms with Crippen LogP contribution in [0.5, 0.6) is 11.5 Å². The van der Waals surface area contributed by atoms with Gasteiger partial charge in [0.1, 0.15) is 23.1 Å². The molecule has 0 radical (unpaired) electrons. The number of carbonyl (C=O) groups is 1. The monoisotopic (exact) mass is 345 g/mol. The Morgan fingerprint density at radius 3 is 2.32 bits per heavy atom. The fraction of sp³-hybridized carbons (Fsp3) is 0.111. The lowest BCUT2D eigenvalue weighted by molar-refractivity contribution is -0.129. The van der Waals surface area contributed by atoms with E-state index in [1.165, 1.54) is 26.4 Å². The van der Waals surface area contributed by atoms with Gasteiger partial charge in [0.15, 0.2) is 5.70 Å². The molecule has 3 rings (SSSR count). The summed E-state index contributed by atoms with van der Waals surface area (Å²) in [6.45, 7) is 0. The van der Waals surface area contributed by atoms with Crippen LogP contribution in [0.1, 0.15) is 11.1 Å². The molecular formula is C18H13F2NO4. The first-order chi connectivity index (χ1) is 12.0. The molecule has 0 saturated heterocycles. The van der Waals surface area contributed by atoms with Gasteiger partial charge < -0.3 is 14.2 Å². The van der Waals surface area contributed by atoms with Crippen LogP contribution >= 0.6 is 0 Å². The minimum atomic E-state index is -0.799. The Balaban J connectivity index is 1.99. The van der Waals surface area contributed by atoms with Crippen molar-refractivity contribution in [2.75, 3.05) is 14.2 Å². The highest BCUT2D eigenvalue weighted by molar-refractivity contribution is 6.13. The summed E-state index contributed by atoms with van der Waals surface area (Å²) >= 11 is 0. The molecule has 2 aromatic rings. The maximum Gasteiger partial charge on any atom is 0.363 e. The van der Waals surface area contributed by atoms with Crippen LogP contribution in [0.4, 0.5) is 8.78 Å². The summed E-state index contributed by atoms with van der Waals surface area (Å²) < 4.78 is 42.1. The van der Waals surface area contributed by atoms with Crippen molar-refractivity contribution < 1.29 is 27.8 Å². The molecule has 5 nitrogen and oxygen atoms in total. The van der Waals surface area contributed by atoms with E-state index in [4.69, 9.17) is 14.2 Å². The standard InChI is InChI=1S/C18H13F2NO4/c1-23-13-5-11(6-14(9-13)24-2)17-21-16(18(22)25-17)7-10-3-4-12(19)8-15(10)20/h3-9H,1-2H3/b16-7-. The molecule has 25 heavy (non-hydrogen) atoms. The number of carbonyl (C=O) groups excluding carboxylic acids is 1. The van der Waals surface area contributed by atoms with Crippen LogP contribution in [0.25, 0.3) is 6.08 Å². The highest BCUT2D eigenvalue weighted by Crippen LogP contribution is 2.26. The van der Waals surface area contributed by atoms with Gasteiger partial charge in [-0.05, 0) is 30.3 Å². The lowest BCUT2D eigenvalue weighted by Crippen LogP contribution is -2.06. The molecule has 0 aromatic heterocycles. The molecule has 0 fully saturated rings. The molecule has 7 heteroatoms. The van der Waals surface area contributed by atoms with Crippen molar-refractivity contribution in [3.05, 3.63) is 64.9 Å². The van der Waals surface area contributed by atoms with Gasteiger partial charge in [0, 0.05) is 23.3 Å². The zero-order valence-electron chi connectivity index (χ0n) is 13.4. The van der Waals surface area contributed by atoms with E-state index in [1.54, 1.807) is 18.2 Å². The van der Waals surface area contributed by atoms with Crippen LogP contribution in [0.15, 0.2) is 47.1 Å². The molecule has 0 amide bonds. The van der Waals surface area contributed by atoms with Gasteiger partial charge in [0.2, 0.25) is 5.90 Å². The molecule has 0 bridgehead atoms. The number of nitrogens with zero attached hydrogens (tertiary/aromatic N) is 1. The average molecular weight is 345 g/mol. The molecule has 0 saturated carbocycles. The van der Waals surface area contributed by atoms with E-state index in [2.05, 4.69) is 4.99 Å². The number of benzene rings is 2. The van der Waals surface area contributed by atoms with Crippen LogP contribution in [0.3, 0.4) is 0 Å². The van der Waals surface area contributed by atoms with E-state index in [1.807, 2.05) is 0 Å². The molecule has 128 valence electrons. The summed E-state index contributed by atoms with van der Waals surface area (Å²) in [5.41, 5.74) is 0.399. The van der Waals surface area contributed by atoms with Gasteiger partial charge >= 0.3 is 5.97 Å². The number of hydrogen-bond acceptors (Lipinski definition) is 5. The lowest BCUT2D eigenvalue weighted by atomic mass is 10.1. The SMILES string of the molecule is COc1cc(OC)cc(C2=N/C(=C\c3ccc(F)cc3F)C(=O)O2)c1. The fourth-order valence-electron chi connectivity index (χ4n) is 2.23. The van der Waals surface area contributed by atoms with Crippen LogP contribution in [0, 0.1) is 11.6 Å². The van der Waals surface area contributed by atoms with Crippen molar-refractivity contribution in [1.82, 2.24) is 0 Å².